The van der Waals surface area contributed by atoms with Crippen molar-refractivity contribution in [3.8, 4) is 17.6 Å². The summed E-state index contributed by atoms with van der Waals surface area (Å²) < 4.78 is 57.4. The number of nitrogens with one attached hydrogen (secondary N) is 1. The molecule has 0 aliphatic carbocycles. The molecule has 0 saturated heterocycles. The van der Waals surface area contributed by atoms with Gasteiger partial charge >= 0.3 is 6.61 Å². The average Bonchev–Trinajstić information content (AvgIpc) is 3.31. The highest BCUT2D eigenvalue weighted by Crippen LogP contribution is 2.49. The monoisotopic (exact) mass is 453 g/mol. The number of rotatable bonds is 5. The van der Waals surface area contributed by atoms with E-state index < -0.39 is 31.6 Å². The SMILES string of the molecule is [2H]C([2H])([2H])N1C(=O)c2cccc(OC(F)F)c2[C@H]2C[C@@H]1c1nc3ccc(C#CCCCNC)cc3n12. The standard InChI is InChI=1S/C25H24F2N4O2/c1-28-12-5-3-4-7-15-10-11-17-18(13-15)31-19-14-20(23(31)29-17)30(2)24(32)16-8-6-9-21(22(16)19)33-25(26)27/h6,8-11,13,19-20,25,28H,3,5,12,14H2,1-2H3/t19-,20-/m1/s1/i2D3. The summed E-state index contributed by atoms with van der Waals surface area (Å²) in [5, 5.41) is 3.08. The van der Waals surface area contributed by atoms with Crippen LogP contribution in [-0.4, -0.2) is 47.5 Å². The Morgan fingerprint density at radius 2 is 2.21 bits per heavy atom. The molecule has 2 aliphatic rings. The van der Waals surface area contributed by atoms with Crippen LogP contribution in [0.15, 0.2) is 36.4 Å². The van der Waals surface area contributed by atoms with Gasteiger partial charge in [0.1, 0.15) is 11.6 Å². The lowest BCUT2D eigenvalue weighted by molar-refractivity contribution is -0.0507. The zero-order valence-electron chi connectivity index (χ0n) is 20.9. The first kappa shape index (κ1) is 18.0. The first-order chi connectivity index (χ1) is 17.2. The third-order valence-corrected chi connectivity index (χ3v) is 6.11. The smallest absolute Gasteiger partial charge is 0.387 e. The zero-order valence-corrected chi connectivity index (χ0v) is 17.9. The van der Waals surface area contributed by atoms with Crippen molar-refractivity contribution in [3.05, 3.63) is 58.9 Å². The Hall–Kier alpha value is -3.44. The quantitative estimate of drug-likeness (QED) is 0.467. The van der Waals surface area contributed by atoms with Crippen molar-refractivity contribution in [1.29, 1.82) is 0 Å². The highest BCUT2D eigenvalue weighted by molar-refractivity contribution is 5.97. The molecule has 8 heteroatoms. The molecule has 2 atom stereocenters. The van der Waals surface area contributed by atoms with Gasteiger partial charge < -0.3 is 19.5 Å². The molecule has 0 fully saturated rings. The maximum absolute atomic E-state index is 13.4. The predicted octanol–water partition coefficient (Wildman–Crippen LogP) is 4.11. The van der Waals surface area contributed by atoms with Gasteiger partial charge in [-0.3, -0.25) is 4.79 Å². The van der Waals surface area contributed by atoms with Crippen LogP contribution in [0.2, 0.25) is 0 Å². The van der Waals surface area contributed by atoms with Crippen LogP contribution in [0.25, 0.3) is 11.0 Å². The number of unbranched alkanes of at least 4 members (excludes halogenated alkanes) is 1. The van der Waals surface area contributed by atoms with Gasteiger partial charge in [0.25, 0.3) is 5.91 Å². The van der Waals surface area contributed by atoms with E-state index >= 15 is 0 Å². The molecule has 3 heterocycles. The fourth-order valence-corrected chi connectivity index (χ4v) is 4.70. The molecule has 0 spiro atoms. The molecule has 2 aliphatic heterocycles. The van der Waals surface area contributed by atoms with Crippen molar-refractivity contribution in [2.75, 3.05) is 20.6 Å². The van der Waals surface area contributed by atoms with Gasteiger partial charge in [-0.05, 0) is 50.3 Å². The molecule has 5 rings (SSSR count). The number of carbonyl (C=O) groups excluding carboxylic acids is 1. The Morgan fingerprint density at radius 1 is 1.33 bits per heavy atom. The van der Waals surface area contributed by atoms with Crippen LogP contribution < -0.4 is 10.1 Å². The van der Waals surface area contributed by atoms with Gasteiger partial charge in [-0.1, -0.05) is 17.9 Å². The van der Waals surface area contributed by atoms with Crippen LogP contribution in [0.4, 0.5) is 8.78 Å². The minimum Gasteiger partial charge on any atom is -0.434 e. The normalized spacial score (nSPS) is 20.4. The Labute approximate surface area is 194 Å². The number of benzene rings is 2. The number of hydrogen-bond acceptors (Lipinski definition) is 4. The van der Waals surface area contributed by atoms with E-state index in [-0.39, 0.29) is 23.3 Å². The second-order valence-corrected chi connectivity index (χ2v) is 8.09. The minimum absolute atomic E-state index is 0.0322. The van der Waals surface area contributed by atoms with Gasteiger partial charge in [-0.15, -0.1) is 0 Å². The van der Waals surface area contributed by atoms with E-state index in [1.165, 1.54) is 18.2 Å². The van der Waals surface area contributed by atoms with E-state index in [4.69, 9.17) is 8.85 Å². The highest BCUT2D eigenvalue weighted by atomic mass is 19.3. The molecule has 0 radical (unpaired) electrons. The first-order valence-electron chi connectivity index (χ1n) is 12.3. The van der Waals surface area contributed by atoms with Gasteiger partial charge in [0.2, 0.25) is 0 Å². The molecule has 1 N–H and O–H groups in total. The van der Waals surface area contributed by atoms with Crippen molar-refractivity contribution >= 4 is 16.9 Å². The number of aromatic nitrogens is 2. The van der Waals surface area contributed by atoms with Crippen molar-refractivity contribution < 1.29 is 22.4 Å². The molecule has 33 heavy (non-hydrogen) atoms. The number of fused-ring (bicyclic) bond motifs is 9. The van der Waals surface area contributed by atoms with Gasteiger partial charge in [0.05, 0.1) is 23.1 Å². The second kappa shape index (κ2) is 8.49. The maximum Gasteiger partial charge on any atom is 0.387 e. The molecular weight excluding hydrogens is 426 g/mol. The van der Waals surface area contributed by atoms with Crippen LogP contribution in [0.5, 0.6) is 5.75 Å². The van der Waals surface area contributed by atoms with Gasteiger partial charge in [-0.2, -0.15) is 8.78 Å². The number of amides is 1. The number of halogens is 2. The lowest BCUT2D eigenvalue weighted by Crippen LogP contribution is -2.30. The Morgan fingerprint density at radius 3 is 3.00 bits per heavy atom. The second-order valence-electron chi connectivity index (χ2n) is 8.09. The molecule has 0 saturated carbocycles. The summed E-state index contributed by atoms with van der Waals surface area (Å²) in [6.07, 6.45) is 1.82. The summed E-state index contributed by atoms with van der Waals surface area (Å²) in [6.45, 7) is -4.99. The van der Waals surface area contributed by atoms with Crippen molar-refractivity contribution in [2.45, 2.75) is 38.0 Å². The third-order valence-electron chi connectivity index (χ3n) is 6.11. The van der Waals surface area contributed by atoms with Crippen molar-refractivity contribution in [3.63, 3.8) is 0 Å². The van der Waals surface area contributed by atoms with Gasteiger partial charge in [-0.25, -0.2) is 4.98 Å². The minimum atomic E-state index is -3.10. The fraction of sp³-hybridized carbons (Fsp3) is 0.360. The molecule has 170 valence electrons. The van der Waals surface area contributed by atoms with Crippen LogP contribution in [0.3, 0.4) is 0 Å². The van der Waals surface area contributed by atoms with E-state index in [1.54, 1.807) is 6.07 Å². The molecule has 3 aromatic rings. The Bertz CT molecular complexity index is 1390. The summed E-state index contributed by atoms with van der Waals surface area (Å²) in [6, 6.07) is 8.28. The summed E-state index contributed by atoms with van der Waals surface area (Å²) in [5.74, 6) is 5.78. The lowest BCUT2D eigenvalue weighted by atomic mass is 9.97. The number of imidazole rings is 1. The van der Waals surface area contributed by atoms with Crippen LogP contribution in [0.1, 0.15) is 62.8 Å². The van der Waals surface area contributed by atoms with Crippen molar-refractivity contribution in [1.82, 2.24) is 19.8 Å². The zero-order chi connectivity index (χ0) is 25.6. The van der Waals surface area contributed by atoms with Crippen LogP contribution in [0, 0.1) is 11.8 Å². The molecule has 0 unspecified atom stereocenters. The number of ether oxygens (including phenoxy) is 1. The molecule has 6 nitrogen and oxygen atoms in total. The van der Waals surface area contributed by atoms with E-state index in [1.807, 2.05) is 23.7 Å². The van der Waals surface area contributed by atoms with E-state index in [2.05, 4.69) is 22.1 Å². The molecular formula is C25H24F2N4O2. The topological polar surface area (TPSA) is 59.4 Å². The first-order valence-corrected chi connectivity index (χ1v) is 10.8. The number of nitrogens with zero attached hydrogens (tertiary/aromatic N) is 3. The number of hydrogen-bond donors (Lipinski definition) is 1. The van der Waals surface area contributed by atoms with Gasteiger partial charge in [0, 0.05) is 40.6 Å². The molecule has 1 aromatic heterocycles. The summed E-state index contributed by atoms with van der Waals surface area (Å²) in [7, 11) is 1.89. The van der Waals surface area contributed by atoms with E-state index in [0.29, 0.717) is 16.9 Å². The van der Waals surface area contributed by atoms with Crippen LogP contribution in [-0.2, 0) is 0 Å². The predicted molar refractivity (Wildman–Crippen MR) is 120 cm³/mol. The summed E-state index contributed by atoms with van der Waals surface area (Å²) in [5.41, 5.74) is 2.33. The number of alkyl halides is 2. The number of carbonyl (C=O) groups is 1. The van der Waals surface area contributed by atoms with E-state index in [0.717, 1.165) is 29.8 Å². The fourth-order valence-electron chi connectivity index (χ4n) is 4.70. The lowest BCUT2D eigenvalue weighted by Gasteiger charge is -2.24. The average molecular weight is 454 g/mol. The Balaban J connectivity index is 1.69. The van der Waals surface area contributed by atoms with E-state index in [9.17, 15) is 13.6 Å². The summed E-state index contributed by atoms with van der Waals surface area (Å²) >= 11 is 0. The molecule has 2 aromatic carbocycles. The Kier molecular flexibility index (Phi) is 4.64. The van der Waals surface area contributed by atoms with Crippen LogP contribution >= 0.6 is 0 Å². The molecule has 1 amide bonds. The highest BCUT2D eigenvalue weighted by Gasteiger charge is 2.44. The largest absolute Gasteiger partial charge is 0.434 e. The van der Waals surface area contributed by atoms with Crippen molar-refractivity contribution in [2.24, 2.45) is 0 Å². The summed E-state index contributed by atoms with van der Waals surface area (Å²) in [4.78, 5) is 19.0. The maximum atomic E-state index is 13.4. The van der Waals surface area contributed by atoms with Gasteiger partial charge in [0.15, 0.2) is 0 Å². The molecule has 2 bridgehead atoms. The third kappa shape index (κ3) is 3.62.